The largest absolute Gasteiger partial charge is 0.494 e. The van der Waals surface area contributed by atoms with Crippen LogP contribution in [0.4, 0.5) is 15.0 Å². The fourth-order valence-corrected chi connectivity index (χ4v) is 3.05. The number of hydrogen-bond donors (Lipinski definition) is 2. The molecule has 3 rings (SSSR count). The van der Waals surface area contributed by atoms with Gasteiger partial charge in [-0.05, 0) is 36.8 Å². The molecule has 8 heteroatoms. The Bertz CT molecular complexity index is 901. The van der Waals surface area contributed by atoms with Gasteiger partial charge >= 0.3 is 6.03 Å². The number of halogens is 1. The summed E-state index contributed by atoms with van der Waals surface area (Å²) in [6.45, 7) is 1.77. The molecule has 0 aliphatic rings. The molecule has 2 heterocycles. The number of hydrogen-bond acceptors (Lipinski definition) is 5. The normalized spacial score (nSPS) is 11.7. The van der Waals surface area contributed by atoms with Crippen LogP contribution in [0.25, 0.3) is 10.7 Å². The summed E-state index contributed by atoms with van der Waals surface area (Å²) in [6, 6.07) is 9.31. The lowest BCUT2D eigenvalue weighted by molar-refractivity contribution is 0.249. The van der Waals surface area contributed by atoms with Crippen LogP contribution >= 0.6 is 11.3 Å². The molecule has 0 spiro atoms. The molecule has 0 saturated carbocycles. The van der Waals surface area contributed by atoms with E-state index in [0.29, 0.717) is 16.4 Å². The van der Waals surface area contributed by atoms with Crippen LogP contribution in [0.3, 0.4) is 0 Å². The standard InChI is InChI=1S/C18H17FN4O2S/c1-11(12-6-7-15(25-2)13(19)9-12)21-18(24)23-16-10-26-17(22-16)14-5-3-4-8-20-14/h3-11H,1-2H3,(H2,21,23,24)/t11-/m1/s1. The number of thiazole rings is 1. The molecule has 0 radical (unpaired) electrons. The number of anilines is 1. The summed E-state index contributed by atoms with van der Waals surface area (Å²) < 4.78 is 18.7. The van der Waals surface area contributed by atoms with Gasteiger partial charge in [-0.25, -0.2) is 14.2 Å². The lowest BCUT2D eigenvalue weighted by atomic mass is 10.1. The summed E-state index contributed by atoms with van der Waals surface area (Å²) in [4.78, 5) is 20.7. The van der Waals surface area contributed by atoms with E-state index in [9.17, 15) is 9.18 Å². The zero-order valence-corrected chi connectivity index (χ0v) is 15.0. The maximum atomic E-state index is 13.8. The van der Waals surface area contributed by atoms with Crippen molar-refractivity contribution in [2.45, 2.75) is 13.0 Å². The molecule has 0 saturated heterocycles. The van der Waals surface area contributed by atoms with Crippen LogP contribution in [0, 0.1) is 5.82 Å². The molecular weight excluding hydrogens is 355 g/mol. The van der Waals surface area contributed by atoms with Gasteiger partial charge in [0.15, 0.2) is 11.6 Å². The predicted octanol–water partition coefficient (Wildman–Crippen LogP) is 4.24. The van der Waals surface area contributed by atoms with Crippen LogP contribution in [0.2, 0.25) is 0 Å². The maximum absolute atomic E-state index is 13.8. The SMILES string of the molecule is COc1ccc([C@@H](C)NC(=O)Nc2csc(-c3ccccn3)n2)cc1F. The number of benzene rings is 1. The first-order chi connectivity index (χ1) is 12.6. The van der Waals surface area contributed by atoms with Crippen LogP contribution in [0.1, 0.15) is 18.5 Å². The fourth-order valence-electron chi connectivity index (χ4n) is 2.32. The van der Waals surface area contributed by atoms with E-state index in [1.807, 2.05) is 18.2 Å². The molecule has 1 atom stereocenters. The van der Waals surface area contributed by atoms with Gasteiger partial charge in [-0.1, -0.05) is 12.1 Å². The van der Waals surface area contributed by atoms with E-state index < -0.39 is 11.8 Å². The van der Waals surface area contributed by atoms with E-state index in [1.165, 1.54) is 30.6 Å². The fraction of sp³-hybridized carbons (Fsp3) is 0.167. The van der Waals surface area contributed by atoms with Gasteiger partial charge in [0.05, 0.1) is 18.8 Å². The van der Waals surface area contributed by atoms with E-state index in [1.54, 1.807) is 24.6 Å². The Morgan fingerprint density at radius 1 is 1.31 bits per heavy atom. The molecule has 0 aliphatic heterocycles. The minimum atomic E-state index is -0.474. The van der Waals surface area contributed by atoms with Crippen molar-refractivity contribution in [3.8, 4) is 16.5 Å². The predicted molar refractivity (Wildman–Crippen MR) is 98.9 cm³/mol. The number of nitrogens with one attached hydrogen (secondary N) is 2. The van der Waals surface area contributed by atoms with Crippen molar-refractivity contribution in [2.24, 2.45) is 0 Å². The molecule has 134 valence electrons. The molecular formula is C18H17FN4O2S. The smallest absolute Gasteiger partial charge is 0.320 e. The van der Waals surface area contributed by atoms with Gasteiger partial charge in [0.1, 0.15) is 10.8 Å². The van der Waals surface area contributed by atoms with Gasteiger partial charge < -0.3 is 10.1 Å². The lowest BCUT2D eigenvalue weighted by Crippen LogP contribution is -2.31. The molecule has 2 aromatic heterocycles. The Morgan fingerprint density at radius 2 is 2.15 bits per heavy atom. The van der Waals surface area contributed by atoms with Crippen molar-refractivity contribution in [2.75, 3.05) is 12.4 Å². The second kappa shape index (κ2) is 7.92. The summed E-state index contributed by atoms with van der Waals surface area (Å²) in [5.74, 6) is 0.120. The first-order valence-electron chi connectivity index (χ1n) is 7.84. The highest BCUT2D eigenvalue weighted by molar-refractivity contribution is 7.13. The van der Waals surface area contributed by atoms with Crippen molar-refractivity contribution in [1.82, 2.24) is 15.3 Å². The second-order valence-corrected chi connectivity index (χ2v) is 6.33. The third-order valence-electron chi connectivity index (χ3n) is 3.65. The Balaban J connectivity index is 1.62. The van der Waals surface area contributed by atoms with Crippen molar-refractivity contribution < 1.29 is 13.9 Å². The average molecular weight is 372 g/mol. The van der Waals surface area contributed by atoms with Crippen molar-refractivity contribution >= 4 is 23.2 Å². The van der Waals surface area contributed by atoms with Crippen molar-refractivity contribution in [3.63, 3.8) is 0 Å². The summed E-state index contributed by atoms with van der Waals surface area (Å²) in [5.41, 5.74) is 1.37. The zero-order chi connectivity index (χ0) is 18.5. The van der Waals surface area contributed by atoms with E-state index in [2.05, 4.69) is 20.6 Å². The number of nitrogens with zero attached hydrogens (tertiary/aromatic N) is 2. The van der Waals surface area contributed by atoms with Crippen LogP contribution < -0.4 is 15.4 Å². The van der Waals surface area contributed by atoms with Crippen LogP contribution in [-0.2, 0) is 0 Å². The highest BCUT2D eigenvalue weighted by Crippen LogP contribution is 2.24. The topological polar surface area (TPSA) is 76.1 Å². The van der Waals surface area contributed by atoms with Gasteiger partial charge in [-0.3, -0.25) is 10.3 Å². The molecule has 2 amide bonds. The quantitative estimate of drug-likeness (QED) is 0.702. The molecule has 26 heavy (non-hydrogen) atoms. The number of amides is 2. The summed E-state index contributed by atoms with van der Waals surface area (Å²) in [7, 11) is 1.40. The minimum absolute atomic E-state index is 0.162. The van der Waals surface area contributed by atoms with Gasteiger partial charge in [-0.2, -0.15) is 0 Å². The molecule has 2 N–H and O–H groups in total. The molecule has 0 aliphatic carbocycles. The molecule has 0 fully saturated rings. The highest BCUT2D eigenvalue weighted by Gasteiger charge is 2.14. The average Bonchev–Trinajstić information content (AvgIpc) is 3.10. The zero-order valence-electron chi connectivity index (χ0n) is 14.2. The summed E-state index contributed by atoms with van der Waals surface area (Å²) in [6.07, 6.45) is 1.69. The summed E-state index contributed by atoms with van der Waals surface area (Å²) >= 11 is 1.39. The van der Waals surface area contributed by atoms with Crippen LogP contribution in [0.15, 0.2) is 48.0 Å². The van der Waals surface area contributed by atoms with Crippen molar-refractivity contribution in [1.29, 1.82) is 0 Å². The van der Waals surface area contributed by atoms with E-state index >= 15 is 0 Å². The van der Waals surface area contributed by atoms with Crippen LogP contribution in [-0.4, -0.2) is 23.1 Å². The van der Waals surface area contributed by atoms with E-state index in [-0.39, 0.29) is 11.8 Å². The minimum Gasteiger partial charge on any atom is -0.494 e. The summed E-state index contributed by atoms with van der Waals surface area (Å²) in [5, 5.41) is 7.87. The number of carbonyl (C=O) groups is 1. The molecule has 0 unspecified atom stereocenters. The lowest BCUT2D eigenvalue weighted by Gasteiger charge is -2.15. The van der Waals surface area contributed by atoms with Gasteiger partial charge in [0.2, 0.25) is 0 Å². The number of methoxy groups -OCH3 is 1. The maximum Gasteiger partial charge on any atom is 0.320 e. The molecule has 0 bridgehead atoms. The molecule has 1 aromatic carbocycles. The van der Waals surface area contributed by atoms with Crippen molar-refractivity contribution in [3.05, 3.63) is 59.4 Å². The Hall–Kier alpha value is -3.00. The Labute approximate surface area is 154 Å². The van der Waals surface area contributed by atoms with Crippen LogP contribution in [0.5, 0.6) is 5.75 Å². The Morgan fingerprint density at radius 3 is 2.85 bits per heavy atom. The Kier molecular flexibility index (Phi) is 5.43. The van der Waals surface area contributed by atoms with Gasteiger partial charge in [0.25, 0.3) is 0 Å². The molecule has 6 nitrogen and oxygen atoms in total. The van der Waals surface area contributed by atoms with E-state index in [4.69, 9.17) is 4.74 Å². The highest BCUT2D eigenvalue weighted by atomic mass is 32.1. The number of rotatable bonds is 5. The first-order valence-corrected chi connectivity index (χ1v) is 8.72. The third-order valence-corrected chi connectivity index (χ3v) is 4.52. The second-order valence-electron chi connectivity index (χ2n) is 5.47. The number of ether oxygens (including phenoxy) is 1. The first kappa shape index (κ1) is 17.8. The molecule has 3 aromatic rings. The van der Waals surface area contributed by atoms with Gasteiger partial charge in [-0.15, -0.1) is 11.3 Å². The van der Waals surface area contributed by atoms with E-state index in [0.717, 1.165) is 5.69 Å². The number of carbonyl (C=O) groups excluding carboxylic acids is 1. The monoisotopic (exact) mass is 372 g/mol. The third kappa shape index (κ3) is 4.15. The number of aromatic nitrogens is 2. The number of urea groups is 1. The van der Waals surface area contributed by atoms with Gasteiger partial charge in [0, 0.05) is 11.6 Å². The number of pyridine rings is 1.